The topological polar surface area (TPSA) is 77.8 Å². The Labute approximate surface area is 175 Å². The fraction of sp³-hybridized carbons (Fsp3) is 0.640. The molecule has 0 saturated heterocycles. The minimum absolute atomic E-state index is 0.107. The number of hydrogen-bond acceptors (Lipinski definition) is 4. The lowest BCUT2D eigenvalue weighted by atomic mass is 9.70. The molecule has 0 spiro atoms. The van der Waals surface area contributed by atoms with Gasteiger partial charge in [-0.15, -0.1) is 0 Å². The number of ketones is 1. The summed E-state index contributed by atoms with van der Waals surface area (Å²) in [4.78, 5) is 13.1. The highest BCUT2D eigenvalue weighted by molar-refractivity contribution is 6.02. The first kappa shape index (κ1) is 23.6. The Morgan fingerprint density at radius 3 is 2.45 bits per heavy atom. The molecule has 2 aliphatic rings. The minimum Gasteiger partial charge on any atom is -0.504 e. The minimum atomic E-state index is -0.738. The summed E-state index contributed by atoms with van der Waals surface area (Å²) in [6.45, 7) is 9.81. The highest BCUT2D eigenvalue weighted by atomic mass is 16.3. The lowest BCUT2D eigenvalue weighted by Gasteiger charge is -2.32. The van der Waals surface area contributed by atoms with Gasteiger partial charge in [-0.2, -0.15) is 0 Å². The average molecular weight is 403 g/mol. The molecule has 29 heavy (non-hydrogen) atoms. The highest BCUT2D eigenvalue weighted by Gasteiger charge is 2.51. The van der Waals surface area contributed by atoms with Crippen LogP contribution in [0.5, 0.6) is 0 Å². The normalized spacial score (nSPS) is 36.7. The zero-order chi connectivity index (χ0) is 21.8. The fourth-order valence-electron chi connectivity index (χ4n) is 4.53. The molecule has 0 heterocycles. The van der Waals surface area contributed by atoms with Crippen LogP contribution in [0.1, 0.15) is 73.1 Å². The lowest BCUT2D eigenvalue weighted by molar-refractivity contribution is -0.126. The van der Waals surface area contributed by atoms with Crippen molar-refractivity contribution in [2.24, 2.45) is 17.3 Å². The van der Waals surface area contributed by atoms with Crippen LogP contribution in [-0.4, -0.2) is 33.8 Å². The van der Waals surface area contributed by atoms with Gasteiger partial charge in [0, 0.05) is 23.9 Å². The third kappa shape index (κ3) is 5.29. The van der Waals surface area contributed by atoms with Crippen molar-refractivity contribution in [2.75, 3.05) is 6.61 Å². The van der Waals surface area contributed by atoms with Crippen LogP contribution >= 0.6 is 0 Å². The van der Waals surface area contributed by atoms with Gasteiger partial charge in [-0.3, -0.25) is 4.79 Å². The van der Waals surface area contributed by atoms with Gasteiger partial charge in [-0.05, 0) is 70.4 Å². The van der Waals surface area contributed by atoms with E-state index < -0.39 is 11.5 Å². The number of rotatable bonds is 2. The molecule has 0 saturated carbocycles. The van der Waals surface area contributed by atoms with Gasteiger partial charge in [0.15, 0.2) is 5.76 Å². The summed E-state index contributed by atoms with van der Waals surface area (Å²) in [7, 11) is 0. The SMILES string of the molecule is C/C1=C/C[C@]2(C)C(=O)C(O)=C([C@H](C)CO)[C@H]2C/C=C(/C)[C@@H](O)CC/C(C)=C\CC1. The van der Waals surface area contributed by atoms with Gasteiger partial charge < -0.3 is 15.3 Å². The molecule has 0 aromatic heterocycles. The molecule has 3 N–H and O–H groups in total. The van der Waals surface area contributed by atoms with Crippen LogP contribution in [0.3, 0.4) is 0 Å². The van der Waals surface area contributed by atoms with E-state index in [0.717, 1.165) is 24.8 Å². The molecular weight excluding hydrogens is 364 g/mol. The number of fused-ring (bicyclic) bond motifs is 1. The Bertz CT molecular complexity index is 740. The Morgan fingerprint density at radius 1 is 1.14 bits per heavy atom. The van der Waals surface area contributed by atoms with Crippen LogP contribution in [0.25, 0.3) is 0 Å². The highest BCUT2D eigenvalue weighted by Crippen LogP contribution is 2.50. The molecule has 0 aromatic carbocycles. The van der Waals surface area contributed by atoms with Gasteiger partial charge >= 0.3 is 0 Å². The molecule has 0 aromatic rings. The van der Waals surface area contributed by atoms with Gasteiger partial charge in [-0.25, -0.2) is 0 Å². The molecule has 162 valence electrons. The standard InChI is InChI=1S/C25H38O4/c1-16-7-6-8-17(2)13-14-25(5)20(11-10-18(3)21(27)12-9-16)22(19(4)15-26)23(28)24(25)29/h7,10,13,19-21,26-28H,6,8-9,11-12,14-15H2,1-5H3/b16-7-,17-13-,18-10-/t19-,20-,21+,25+/m1/s1. The molecule has 0 fully saturated rings. The molecule has 0 bridgehead atoms. The number of hydrogen-bond donors (Lipinski definition) is 3. The molecule has 2 aliphatic carbocycles. The van der Waals surface area contributed by atoms with Crippen molar-refractivity contribution < 1.29 is 20.1 Å². The smallest absolute Gasteiger partial charge is 0.203 e. The first-order chi connectivity index (χ1) is 13.6. The van der Waals surface area contributed by atoms with Crippen LogP contribution < -0.4 is 0 Å². The van der Waals surface area contributed by atoms with Crippen LogP contribution in [0.2, 0.25) is 0 Å². The number of aliphatic hydroxyl groups is 3. The van der Waals surface area contributed by atoms with E-state index >= 15 is 0 Å². The summed E-state index contributed by atoms with van der Waals surface area (Å²) < 4.78 is 0. The first-order valence-corrected chi connectivity index (χ1v) is 10.9. The van der Waals surface area contributed by atoms with Crippen molar-refractivity contribution in [2.45, 2.75) is 79.2 Å². The monoisotopic (exact) mass is 402 g/mol. The summed E-state index contributed by atoms with van der Waals surface area (Å²) >= 11 is 0. The van der Waals surface area contributed by atoms with Crippen molar-refractivity contribution in [3.05, 3.63) is 46.3 Å². The van der Waals surface area contributed by atoms with E-state index in [4.69, 9.17) is 0 Å². The maximum Gasteiger partial charge on any atom is 0.203 e. The summed E-state index contributed by atoms with van der Waals surface area (Å²) in [6.07, 6.45) is 10.4. The van der Waals surface area contributed by atoms with E-state index in [9.17, 15) is 20.1 Å². The van der Waals surface area contributed by atoms with Gasteiger partial charge in [-0.1, -0.05) is 43.2 Å². The maximum absolute atomic E-state index is 13.1. The number of carbonyl (C=O) groups excluding carboxylic acids is 1. The number of carbonyl (C=O) groups is 1. The van der Waals surface area contributed by atoms with E-state index in [0.29, 0.717) is 24.8 Å². The molecule has 0 aliphatic heterocycles. The van der Waals surface area contributed by atoms with Crippen molar-refractivity contribution in [3.8, 4) is 0 Å². The van der Waals surface area contributed by atoms with E-state index in [2.05, 4.69) is 26.0 Å². The van der Waals surface area contributed by atoms with Gasteiger partial charge in [0.1, 0.15) is 0 Å². The number of aliphatic hydroxyl groups excluding tert-OH is 3. The predicted octanol–water partition coefficient (Wildman–Crippen LogP) is 5.19. The maximum atomic E-state index is 13.1. The van der Waals surface area contributed by atoms with Gasteiger partial charge in [0.05, 0.1) is 6.10 Å². The predicted molar refractivity (Wildman–Crippen MR) is 117 cm³/mol. The van der Waals surface area contributed by atoms with E-state index in [-0.39, 0.29) is 30.0 Å². The van der Waals surface area contributed by atoms with Crippen LogP contribution in [0.15, 0.2) is 46.3 Å². The van der Waals surface area contributed by atoms with Gasteiger partial charge in [0.2, 0.25) is 5.78 Å². The Morgan fingerprint density at radius 2 is 1.79 bits per heavy atom. The summed E-state index contributed by atoms with van der Waals surface area (Å²) in [6, 6.07) is 0. The zero-order valence-corrected chi connectivity index (χ0v) is 18.7. The largest absolute Gasteiger partial charge is 0.504 e. The molecule has 4 heteroatoms. The van der Waals surface area contributed by atoms with Crippen LogP contribution in [0, 0.1) is 17.3 Å². The Kier molecular flexibility index (Phi) is 8.07. The summed E-state index contributed by atoms with van der Waals surface area (Å²) in [5, 5.41) is 30.9. The molecule has 0 unspecified atom stereocenters. The number of allylic oxidation sites excluding steroid dienone is 6. The average Bonchev–Trinajstić information content (AvgIpc) is 2.88. The summed E-state index contributed by atoms with van der Waals surface area (Å²) in [5.41, 5.74) is 3.36. The lowest BCUT2D eigenvalue weighted by Crippen LogP contribution is -2.32. The fourth-order valence-corrected chi connectivity index (χ4v) is 4.53. The van der Waals surface area contributed by atoms with E-state index in [1.54, 1.807) is 0 Å². The molecule has 4 atom stereocenters. The Hall–Kier alpha value is -1.65. The molecule has 0 amide bonds. The number of Topliss-reactive ketones (excluding diaryl/α,β-unsaturated/α-hetero) is 1. The molecule has 2 rings (SSSR count). The van der Waals surface area contributed by atoms with Crippen LogP contribution in [0.4, 0.5) is 0 Å². The van der Waals surface area contributed by atoms with Crippen molar-refractivity contribution in [3.63, 3.8) is 0 Å². The second kappa shape index (κ2) is 9.90. The third-order valence-electron chi connectivity index (χ3n) is 6.88. The Balaban J connectivity index is 2.46. The molecule has 4 nitrogen and oxygen atoms in total. The first-order valence-electron chi connectivity index (χ1n) is 10.9. The zero-order valence-electron chi connectivity index (χ0n) is 18.7. The molecule has 0 radical (unpaired) electrons. The van der Waals surface area contributed by atoms with Crippen molar-refractivity contribution >= 4 is 5.78 Å². The van der Waals surface area contributed by atoms with Crippen molar-refractivity contribution in [1.29, 1.82) is 0 Å². The third-order valence-corrected chi connectivity index (χ3v) is 6.88. The van der Waals surface area contributed by atoms with Gasteiger partial charge in [0.25, 0.3) is 0 Å². The quantitative estimate of drug-likeness (QED) is 0.556. The second-order valence-electron chi connectivity index (χ2n) is 9.27. The van der Waals surface area contributed by atoms with Crippen molar-refractivity contribution in [1.82, 2.24) is 0 Å². The van der Waals surface area contributed by atoms with E-state index in [1.807, 2.05) is 26.8 Å². The second-order valence-corrected chi connectivity index (χ2v) is 9.27. The van der Waals surface area contributed by atoms with E-state index in [1.165, 1.54) is 11.1 Å². The van der Waals surface area contributed by atoms with Crippen LogP contribution in [-0.2, 0) is 4.79 Å². The summed E-state index contributed by atoms with van der Waals surface area (Å²) in [5.74, 6) is -0.860. The molecular formula is C25H38O4.